The second-order valence-electron chi connectivity index (χ2n) is 7.98. The molecule has 0 aliphatic carbocycles. The highest BCUT2D eigenvalue weighted by atomic mass is 32.1. The number of nitrogens with zero attached hydrogens (tertiary/aromatic N) is 3. The van der Waals surface area contributed by atoms with Crippen LogP contribution in [-0.4, -0.2) is 36.8 Å². The zero-order chi connectivity index (χ0) is 25.2. The number of amidine groups is 1. The summed E-state index contributed by atoms with van der Waals surface area (Å²) < 4.78 is 17.7. The highest BCUT2D eigenvalue weighted by Crippen LogP contribution is 2.38. The van der Waals surface area contributed by atoms with Crippen LogP contribution in [0.3, 0.4) is 0 Å². The molecule has 1 N–H and O–H groups in total. The minimum absolute atomic E-state index is 0.0550. The molecule has 0 saturated heterocycles. The van der Waals surface area contributed by atoms with Crippen molar-refractivity contribution in [3.63, 3.8) is 0 Å². The van der Waals surface area contributed by atoms with E-state index in [1.165, 1.54) is 4.57 Å². The number of aromatic nitrogens is 1. The van der Waals surface area contributed by atoms with Gasteiger partial charge in [-0.05, 0) is 41.1 Å². The molecule has 0 bridgehead atoms. The third-order valence-electron chi connectivity index (χ3n) is 5.75. The van der Waals surface area contributed by atoms with E-state index < -0.39 is 0 Å². The Morgan fingerprint density at radius 3 is 2.33 bits per heavy atom. The summed E-state index contributed by atoms with van der Waals surface area (Å²) >= 11 is 1.00. The summed E-state index contributed by atoms with van der Waals surface area (Å²) in [6.07, 6.45) is 1.77. The molecule has 182 valence electrons. The first-order valence-electron chi connectivity index (χ1n) is 11.1. The standard InChI is InChI=1S/C27H23N3O5S/c1-33-21-13-18(14-22(34-2)24(21)35-3)25-28-19-10-9-17(11-20(19)29-25)12-23-26(31)30(27(32)36-23)15-16-7-5-4-6-8-16/h4-14,31H,15H2,1-3H3. The quantitative estimate of drug-likeness (QED) is 0.420. The fraction of sp³-hybridized carbons (Fsp3) is 0.148. The highest BCUT2D eigenvalue weighted by Gasteiger charge is 2.18. The van der Waals surface area contributed by atoms with Gasteiger partial charge in [0.05, 0.1) is 43.8 Å². The van der Waals surface area contributed by atoms with Crippen LogP contribution < -0.4 is 29.7 Å². The summed E-state index contributed by atoms with van der Waals surface area (Å²) in [5, 5.41) is 12.2. The van der Waals surface area contributed by atoms with Crippen molar-refractivity contribution in [2.75, 3.05) is 21.3 Å². The van der Waals surface area contributed by atoms with E-state index in [1.807, 2.05) is 48.5 Å². The molecule has 0 unspecified atom stereocenters. The molecule has 9 heteroatoms. The van der Waals surface area contributed by atoms with Crippen LogP contribution >= 0.6 is 11.3 Å². The molecule has 3 aromatic carbocycles. The Morgan fingerprint density at radius 2 is 1.67 bits per heavy atom. The predicted molar refractivity (Wildman–Crippen MR) is 139 cm³/mol. The SMILES string of the molecule is COc1cc(C2=Nc3cc(=Cc4sc(=O)n(Cc5ccccc5)c4O)ccc3=N2)cc(OC)c1OC. The molecule has 1 aliphatic heterocycles. The molecule has 1 aliphatic rings. The maximum Gasteiger partial charge on any atom is 0.310 e. The first-order valence-corrected chi connectivity index (χ1v) is 11.9. The summed E-state index contributed by atoms with van der Waals surface area (Å²) in [7, 11) is 4.67. The van der Waals surface area contributed by atoms with Gasteiger partial charge in [-0.1, -0.05) is 47.7 Å². The third kappa shape index (κ3) is 4.36. The Labute approximate surface area is 210 Å². The number of aromatic hydroxyl groups is 1. The minimum Gasteiger partial charge on any atom is -0.493 e. The number of hydrogen-bond donors (Lipinski definition) is 1. The summed E-state index contributed by atoms with van der Waals surface area (Å²) in [5.41, 5.74) is 2.34. The zero-order valence-electron chi connectivity index (χ0n) is 19.9. The molecule has 0 radical (unpaired) electrons. The molecule has 8 nitrogen and oxygen atoms in total. The van der Waals surface area contributed by atoms with E-state index in [0.717, 1.165) is 33.0 Å². The van der Waals surface area contributed by atoms with Gasteiger partial charge in [-0.2, -0.15) is 0 Å². The molecule has 1 aromatic heterocycles. The number of thiazole rings is 1. The second-order valence-corrected chi connectivity index (χ2v) is 8.97. The van der Waals surface area contributed by atoms with Gasteiger partial charge in [0.15, 0.2) is 17.3 Å². The molecule has 2 heterocycles. The molecular weight excluding hydrogens is 478 g/mol. The first kappa shape index (κ1) is 23.4. The number of rotatable bonds is 7. The Hall–Kier alpha value is -4.37. The van der Waals surface area contributed by atoms with Gasteiger partial charge in [0.25, 0.3) is 0 Å². The maximum absolute atomic E-state index is 12.5. The van der Waals surface area contributed by atoms with Crippen molar-refractivity contribution in [2.24, 2.45) is 9.98 Å². The average Bonchev–Trinajstić information content (AvgIpc) is 3.44. The van der Waals surface area contributed by atoms with E-state index in [0.29, 0.717) is 40.2 Å². The van der Waals surface area contributed by atoms with Gasteiger partial charge in [0.2, 0.25) is 11.6 Å². The first-order chi connectivity index (χ1) is 17.5. The van der Waals surface area contributed by atoms with Crippen molar-refractivity contribution in [3.05, 3.63) is 96.9 Å². The normalized spacial score (nSPS) is 12.6. The third-order valence-corrected chi connectivity index (χ3v) is 6.67. The predicted octanol–water partition coefficient (Wildman–Crippen LogP) is 3.23. The number of hydrogen-bond acceptors (Lipinski definition) is 8. The summed E-state index contributed by atoms with van der Waals surface area (Å²) in [6, 6.07) is 18.8. The lowest BCUT2D eigenvalue weighted by molar-refractivity contribution is 0.324. The number of fused-ring (bicyclic) bond motifs is 1. The van der Waals surface area contributed by atoms with Crippen LogP contribution in [0, 0.1) is 0 Å². The van der Waals surface area contributed by atoms with Crippen LogP contribution in [0.2, 0.25) is 0 Å². The lowest BCUT2D eigenvalue weighted by Crippen LogP contribution is -2.13. The van der Waals surface area contributed by atoms with E-state index in [2.05, 4.69) is 9.98 Å². The van der Waals surface area contributed by atoms with E-state index in [-0.39, 0.29) is 10.8 Å². The number of aliphatic imine (C=N–C) groups is 1. The van der Waals surface area contributed by atoms with Gasteiger partial charge in [-0.3, -0.25) is 9.36 Å². The fourth-order valence-electron chi connectivity index (χ4n) is 3.97. The van der Waals surface area contributed by atoms with E-state index in [1.54, 1.807) is 39.5 Å². The van der Waals surface area contributed by atoms with Gasteiger partial charge in [-0.25, -0.2) is 9.98 Å². The molecule has 0 atom stereocenters. The Balaban J connectivity index is 1.49. The van der Waals surface area contributed by atoms with Gasteiger partial charge < -0.3 is 19.3 Å². The largest absolute Gasteiger partial charge is 0.493 e. The van der Waals surface area contributed by atoms with Crippen molar-refractivity contribution in [3.8, 4) is 23.1 Å². The molecule has 36 heavy (non-hydrogen) atoms. The molecule has 4 aromatic rings. The van der Waals surface area contributed by atoms with Crippen LogP contribution in [0.5, 0.6) is 23.1 Å². The Kier molecular flexibility index (Phi) is 6.30. The topological polar surface area (TPSA) is 94.6 Å². The molecule has 0 saturated carbocycles. The highest BCUT2D eigenvalue weighted by molar-refractivity contribution is 7.10. The van der Waals surface area contributed by atoms with E-state index >= 15 is 0 Å². The summed E-state index contributed by atoms with van der Waals surface area (Å²) in [6.45, 7) is 0.307. The van der Waals surface area contributed by atoms with Crippen LogP contribution in [0.4, 0.5) is 5.69 Å². The van der Waals surface area contributed by atoms with Crippen molar-refractivity contribution in [2.45, 2.75) is 6.54 Å². The second kappa shape index (κ2) is 9.71. The van der Waals surface area contributed by atoms with Crippen molar-refractivity contribution >= 4 is 28.9 Å². The minimum atomic E-state index is -0.221. The summed E-state index contributed by atoms with van der Waals surface area (Å²) in [4.78, 5) is 22.1. The van der Waals surface area contributed by atoms with Crippen molar-refractivity contribution in [1.29, 1.82) is 0 Å². The van der Waals surface area contributed by atoms with Gasteiger partial charge >= 0.3 is 4.87 Å². The zero-order valence-corrected chi connectivity index (χ0v) is 20.7. The van der Waals surface area contributed by atoms with Crippen molar-refractivity contribution in [1.82, 2.24) is 4.57 Å². The van der Waals surface area contributed by atoms with Crippen LogP contribution in [0.15, 0.2) is 75.4 Å². The maximum atomic E-state index is 12.5. The fourth-order valence-corrected chi connectivity index (χ4v) is 4.82. The average molecular weight is 502 g/mol. The monoisotopic (exact) mass is 501 g/mol. The molecule has 5 rings (SSSR count). The molecule has 0 spiro atoms. The number of benzene rings is 3. The van der Waals surface area contributed by atoms with Gasteiger partial charge in [-0.15, -0.1) is 0 Å². The smallest absolute Gasteiger partial charge is 0.310 e. The Bertz CT molecular complexity index is 1630. The molecule has 0 amide bonds. The number of methoxy groups -OCH3 is 3. The van der Waals surface area contributed by atoms with E-state index in [4.69, 9.17) is 14.2 Å². The van der Waals surface area contributed by atoms with Crippen molar-refractivity contribution < 1.29 is 19.3 Å². The van der Waals surface area contributed by atoms with Gasteiger partial charge in [0, 0.05) is 5.56 Å². The van der Waals surface area contributed by atoms with Gasteiger partial charge in [0.1, 0.15) is 0 Å². The summed E-state index contributed by atoms with van der Waals surface area (Å²) in [5.74, 6) is 1.98. The number of ether oxygens (including phenoxy) is 3. The van der Waals surface area contributed by atoms with Crippen LogP contribution in [-0.2, 0) is 6.54 Å². The molecule has 0 fully saturated rings. The lowest BCUT2D eigenvalue weighted by atomic mass is 10.1. The van der Waals surface area contributed by atoms with Crippen LogP contribution in [0.25, 0.3) is 6.08 Å². The van der Waals surface area contributed by atoms with E-state index in [9.17, 15) is 9.90 Å². The Morgan fingerprint density at radius 1 is 0.944 bits per heavy atom. The molecular formula is C27H23N3O5S. The lowest BCUT2D eigenvalue weighted by Gasteiger charge is -2.13. The van der Waals surface area contributed by atoms with Crippen LogP contribution in [0.1, 0.15) is 16.0 Å².